The average Bonchev–Trinajstić information content (AvgIpc) is 2.36. The molecule has 0 bridgehead atoms. The van der Waals surface area contributed by atoms with Gasteiger partial charge in [-0.2, -0.15) is 0 Å². The van der Waals surface area contributed by atoms with Crippen molar-refractivity contribution in [2.45, 2.75) is 13.0 Å². The summed E-state index contributed by atoms with van der Waals surface area (Å²) < 4.78 is 0. The fraction of sp³-hybridized carbons (Fsp3) is 0.357. The quantitative estimate of drug-likeness (QED) is 0.761. The van der Waals surface area contributed by atoms with Crippen LogP contribution < -0.4 is 5.32 Å². The predicted molar refractivity (Wildman–Crippen MR) is 70.7 cm³/mol. The second-order valence-electron chi connectivity index (χ2n) is 4.09. The van der Waals surface area contributed by atoms with Crippen LogP contribution in [0.5, 0.6) is 0 Å². The Morgan fingerprint density at radius 2 is 2.12 bits per heavy atom. The Balaban J connectivity index is 2.50. The Hall–Kier alpha value is -1.61. The van der Waals surface area contributed by atoms with Crippen molar-refractivity contribution in [3.05, 3.63) is 48.6 Å². The normalized spacial score (nSPS) is 12.2. The van der Waals surface area contributed by atoms with Gasteiger partial charge in [0.25, 0.3) is 0 Å². The predicted octanol–water partition coefficient (Wildman–Crippen LogP) is 1.98. The molecule has 1 unspecified atom stereocenters. The molecule has 1 N–H and O–H groups in total. The van der Waals surface area contributed by atoms with Crippen molar-refractivity contribution in [3.8, 4) is 0 Å². The second-order valence-corrected chi connectivity index (χ2v) is 4.09. The van der Waals surface area contributed by atoms with E-state index in [2.05, 4.69) is 31.0 Å². The van der Waals surface area contributed by atoms with Crippen LogP contribution in [0.4, 0.5) is 0 Å². The third-order valence-electron chi connectivity index (χ3n) is 2.78. The Bertz CT molecular complexity index is 362. The molecule has 0 radical (unpaired) electrons. The monoisotopic (exact) mass is 232 g/mol. The van der Waals surface area contributed by atoms with Crippen LogP contribution in [-0.4, -0.2) is 30.9 Å². The maximum atomic E-state index is 11.5. The lowest BCUT2D eigenvalue weighted by atomic mass is 10.1. The van der Waals surface area contributed by atoms with Gasteiger partial charge in [-0.05, 0) is 19.5 Å². The molecular formula is C14H20N2O. The maximum absolute atomic E-state index is 11.5. The van der Waals surface area contributed by atoms with Gasteiger partial charge in [-0.1, -0.05) is 36.4 Å². The highest BCUT2D eigenvalue weighted by Gasteiger charge is 2.13. The van der Waals surface area contributed by atoms with E-state index in [0.717, 1.165) is 0 Å². The summed E-state index contributed by atoms with van der Waals surface area (Å²) in [5.41, 5.74) is 1.21. The number of hydrogen-bond donors (Lipinski definition) is 1. The van der Waals surface area contributed by atoms with Crippen LogP contribution in [0.15, 0.2) is 43.0 Å². The molecule has 0 spiro atoms. The molecule has 0 saturated carbocycles. The van der Waals surface area contributed by atoms with E-state index in [4.69, 9.17) is 0 Å². The maximum Gasteiger partial charge on any atom is 0.234 e. The van der Waals surface area contributed by atoms with E-state index in [1.165, 1.54) is 5.56 Å². The lowest BCUT2D eigenvalue weighted by Crippen LogP contribution is -2.36. The minimum absolute atomic E-state index is 0.0233. The van der Waals surface area contributed by atoms with Crippen molar-refractivity contribution < 1.29 is 4.79 Å². The highest BCUT2D eigenvalue weighted by Crippen LogP contribution is 2.17. The number of carbonyl (C=O) groups is 1. The van der Waals surface area contributed by atoms with E-state index in [9.17, 15) is 4.79 Å². The van der Waals surface area contributed by atoms with Crippen LogP contribution in [0.1, 0.15) is 18.5 Å². The molecule has 0 saturated heterocycles. The Morgan fingerprint density at radius 3 is 2.71 bits per heavy atom. The number of amides is 1. The van der Waals surface area contributed by atoms with E-state index in [1.807, 2.05) is 30.1 Å². The molecule has 0 aliphatic carbocycles. The molecule has 0 heterocycles. The molecule has 3 heteroatoms. The van der Waals surface area contributed by atoms with Gasteiger partial charge in [0.2, 0.25) is 5.91 Å². The lowest BCUT2D eigenvalue weighted by molar-refractivity contribution is -0.122. The summed E-state index contributed by atoms with van der Waals surface area (Å²) in [6, 6.07) is 10.4. The van der Waals surface area contributed by atoms with E-state index in [1.54, 1.807) is 6.08 Å². The SMILES string of the molecule is C=CCNC(=O)CN(C)C(C)c1ccccc1. The van der Waals surface area contributed by atoms with Gasteiger partial charge in [0.15, 0.2) is 0 Å². The van der Waals surface area contributed by atoms with Crippen LogP contribution in [-0.2, 0) is 4.79 Å². The first kappa shape index (κ1) is 13.5. The summed E-state index contributed by atoms with van der Waals surface area (Å²) in [7, 11) is 1.95. The zero-order valence-corrected chi connectivity index (χ0v) is 10.5. The minimum atomic E-state index is 0.0233. The molecule has 1 atom stereocenters. The summed E-state index contributed by atoms with van der Waals surface area (Å²) in [5, 5.41) is 2.77. The topological polar surface area (TPSA) is 32.3 Å². The summed E-state index contributed by atoms with van der Waals surface area (Å²) >= 11 is 0. The summed E-state index contributed by atoms with van der Waals surface area (Å²) in [4.78, 5) is 13.6. The summed E-state index contributed by atoms with van der Waals surface area (Å²) in [6.45, 7) is 6.57. The molecule has 0 fully saturated rings. The molecule has 17 heavy (non-hydrogen) atoms. The summed E-state index contributed by atoms with van der Waals surface area (Å²) in [5.74, 6) is 0.0233. The number of carbonyl (C=O) groups excluding carboxylic acids is 1. The van der Waals surface area contributed by atoms with Gasteiger partial charge in [-0.3, -0.25) is 9.69 Å². The third kappa shape index (κ3) is 4.41. The smallest absolute Gasteiger partial charge is 0.234 e. The van der Waals surface area contributed by atoms with Crippen molar-refractivity contribution in [1.82, 2.24) is 10.2 Å². The largest absolute Gasteiger partial charge is 0.352 e. The fourth-order valence-corrected chi connectivity index (χ4v) is 1.59. The number of hydrogen-bond acceptors (Lipinski definition) is 2. The van der Waals surface area contributed by atoms with Crippen LogP contribution in [0.2, 0.25) is 0 Å². The third-order valence-corrected chi connectivity index (χ3v) is 2.78. The van der Waals surface area contributed by atoms with E-state index in [0.29, 0.717) is 13.1 Å². The van der Waals surface area contributed by atoms with Gasteiger partial charge in [0.1, 0.15) is 0 Å². The van der Waals surface area contributed by atoms with Crippen LogP contribution in [0, 0.1) is 0 Å². The molecule has 0 aliphatic heterocycles. The van der Waals surface area contributed by atoms with Crippen LogP contribution in [0.25, 0.3) is 0 Å². The van der Waals surface area contributed by atoms with Gasteiger partial charge >= 0.3 is 0 Å². The number of nitrogens with one attached hydrogen (secondary N) is 1. The lowest BCUT2D eigenvalue weighted by Gasteiger charge is -2.24. The van der Waals surface area contributed by atoms with Gasteiger partial charge in [0.05, 0.1) is 6.54 Å². The molecule has 1 aromatic carbocycles. The van der Waals surface area contributed by atoms with E-state index >= 15 is 0 Å². The van der Waals surface area contributed by atoms with Gasteiger partial charge < -0.3 is 5.32 Å². The van der Waals surface area contributed by atoms with E-state index in [-0.39, 0.29) is 11.9 Å². The zero-order valence-electron chi connectivity index (χ0n) is 10.5. The van der Waals surface area contributed by atoms with E-state index < -0.39 is 0 Å². The first-order valence-corrected chi connectivity index (χ1v) is 5.78. The molecule has 3 nitrogen and oxygen atoms in total. The van der Waals surface area contributed by atoms with Crippen LogP contribution >= 0.6 is 0 Å². The zero-order chi connectivity index (χ0) is 12.7. The molecular weight excluding hydrogens is 212 g/mol. The molecule has 1 aromatic rings. The molecule has 1 amide bonds. The van der Waals surface area contributed by atoms with Crippen molar-refractivity contribution >= 4 is 5.91 Å². The van der Waals surface area contributed by atoms with Gasteiger partial charge in [-0.25, -0.2) is 0 Å². The number of nitrogens with zero attached hydrogens (tertiary/aromatic N) is 1. The first-order chi connectivity index (χ1) is 8.15. The molecule has 0 aromatic heterocycles. The van der Waals surface area contributed by atoms with Crippen molar-refractivity contribution in [1.29, 1.82) is 0 Å². The van der Waals surface area contributed by atoms with Gasteiger partial charge in [-0.15, -0.1) is 6.58 Å². The number of benzene rings is 1. The van der Waals surface area contributed by atoms with Crippen molar-refractivity contribution in [2.75, 3.05) is 20.1 Å². The van der Waals surface area contributed by atoms with Crippen molar-refractivity contribution in [2.24, 2.45) is 0 Å². The Morgan fingerprint density at radius 1 is 1.47 bits per heavy atom. The average molecular weight is 232 g/mol. The highest BCUT2D eigenvalue weighted by atomic mass is 16.2. The molecule has 92 valence electrons. The number of likely N-dealkylation sites (N-methyl/N-ethyl adjacent to an activating group) is 1. The van der Waals surface area contributed by atoms with Crippen LogP contribution in [0.3, 0.4) is 0 Å². The summed E-state index contributed by atoms with van der Waals surface area (Å²) in [6.07, 6.45) is 1.68. The Labute approximate surface area is 103 Å². The highest BCUT2D eigenvalue weighted by molar-refractivity contribution is 5.78. The Kier molecular flexibility index (Phi) is 5.43. The fourth-order valence-electron chi connectivity index (χ4n) is 1.59. The van der Waals surface area contributed by atoms with Crippen molar-refractivity contribution in [3.63, 3.8) is 0 Å². The molecule has 0 aliphatic rings. The molecule has 1 rings (SSSR count). The standard InChI is InChI=1S/C14H20N2O/c1-4-10-15-14(17)11-16(3)12(2)13-8-6-5-7-9-13/h4-9,12H,1,10-11H2,2-3H3,(H,15,17). The second kappa shape index (κ2) is 6.86. The minimum Gasteiger partial charge on any atom is -0.352 e. The number of rotatable bonds is 6. The van der Waals surface area contributed by atoms with Gasteiger partial charge in [0, 0.05) is 12.6 Å². The first-order valence-electron chi connectivity index (χ1n) is 5.78.